The van der Waals surface area contributed by atoms with Gasteiger partial charge in [-0.05, 0) is 11.1 Å². The van der Waals surface area contributed by atoms with Crippen LogP contribution in [0.3, 0.4) is 0 Å². The van der Waals surface area contributed by atoms with E-state index in [4.69, 9.17) is 0 Å². The average molecular weight is 500 g/mol. The lowest BCUT2D eigenvalue weighted by Gasteiger charge is -2.17. The third-order valence-electron chi connectivity index (χ3n) is 7.16. The van der Waals surface area contributed by atoms with Crippen LogP contribution in [-0.4, -0.2) is 31.0 Å². The molecule has 0 atom stereocenters. The van der Waals surface area contributed by atoms with Crippen LogP contribution in [0, 0.1) is 0 Å². The molecule has 1 heterocycles. The topological polar surface area (TPSA) is 30.7 Å². The van der Waals surface area contributed by atoms with E-state index in [2.05, 4.69) is 131 Å². The van der Waals surface area contributed by atoms with Crippen LogP contribution < -0.4 is 10.9 Å². The molecule has 1 fully saturated rings. The van der Waals surface area contributed by atoms with Crippen LogP contribution in [-0.2, 0) is 6.17 Å². The Balaban J connectivity index is 0.000000157. The van der Waals surface area contributed by atoms with Gasteiger partial charge in [-0.2, -0.15) is 5.10 Å². The number of nitrogens with zero attached hydrogens (tertiary/aromatic N) is 3. The second kappa shape index (κ2) is 13.0. The van der Waals surface area contributed by atoms with Gasteiger partial charge in [0.05, 0.1) is 0 Å². The molecule has 37 heavy (non-hydrogen) atoms. The van der Waals surface area contributed by atoms with Gasteiger partial charge < -0.3 is 0 Å². The molecule has 0 N–H and O–H groups in total. The molecule has 0 radical (unpaired) electrons. The third kappa shape index (κ3) is 7.17. The first kappa shape index (κ1) is 25.0. The maximum atomic E-state index is 4.20. The lowest BCUT2D eigenvalue weighted by Crippen LogP contribution is -2.42. The molecular formula is C32H34BN3Si. The van der Waals surface area contributed by atoms with Gasteiger partial charge in [-0.15, -0.1) is 0 Å². The van der Waals surface area contributed by atoms with Crippen LogP contribution in [0.2, 0.25) is 11.9 Å². The van der Waals surface area contributed by atoms with E-state index in [1.807, 2.05) is 11.0 Å². The highest BCUT2D eigenvalue weighted by molar-refractivity contribution is 6.86. The summed E-state index contributed by atoms with van der Waals surface area (Å²) in [6.45, 7) is 0.613. The van der Waals surface area contributed by atoms with E-state index in [9.17, 15) is 0 Å². The second-order valence-corrected chi connectivity index (χ2v) is 11.5. The van der Waals surface area contributed by atoms with E-state index in [0.29, 0.717) is 12.6 Å². The highest BCUT2D eigenvalue weighted by Crippen LogP contribution is 2.38. The zero-order valence-electron chi connectivity index (χ0n) is 21.3. The van der Waals surface area contributed by atoms with Crippen molar-refractivity contribution in [1.29, 1.82) is 0 Å². The van der Waals surface area contributed by atoms with Gasteiger partial charge in [0.15, 0.2) is 0 Å². The first-order valence-electron chi connectivity index (χ1n) is 13.4. The molecule has 5 aromatic rings. The minimum absolute atomic E-state index is 0.232. The summed E-state index contributed by atoms with van der Waals surface area (Å²) in [6, 6.07) is 44.7. The Hall–Kier alpha value is -3.70. The quantitative estimate of drug-likeness (QED) is 0.264. The molecule has 0 amide bonds. The molecule has 3 nitrogen and oxygen atoms in total. The molecular weight excluding hydrogens is 465 g/mol. The summed E-state index contributed by atoms with van der Waals surface area (Å²) in [5.41, 5.74) is 5.76. The van der Waals surface area contributed by atoms with Crippen LogP contribution in [0.25, 0.3) is 0 Å². The van der Waals surface area contributed by atoms with E-state index in [0.717, 1.165) is 12.0 Å². The average Bonchev–Trinajstić information content (AvgIpc) is 3.66. The van der Waals surface area contributed by atoms with Gasteiger partial charge in [-0.25, -0.2) is 4.98 Å². The Kier molecular flexibility index (Phi) is 8.79. The molecule has 0 saturated heterocycles. The monoisotopic (exact) mass is 499 g/mol. The predicted molar refractivity (Wildman–Crippen MR) is 159 cm³/mol. The number of benzene rings is 4. The summed E-state index contributed by atoms with van der Waals surface area (Å²) < 4.78 is 1.96. The molecule has 0 unspecified atom stereocenters. The van der Waals surface area contributed by atoms with Gasteiger partial charge in [0.25, 0.3) is 0 Å². The van der Waals surface area contributed by atoms with Crippen LogP contribution in [0.5, 0.6) is 0 Å². The molecule has 0 aliphatic heterocycles. The van der Waals surface area contributed by atoms with Crippen LogP contribution in [0.15, 0.2) is 134 Å². The van der Waals surface area contributed by atoms with Gasteiger partial charge in [0.1, 0.15) is 12.7 Å². The Labute approximate surface area is 223 Å². The van der Waals surface area contributed by atoms with Crippen molar-refractivity contribution in [1.82, 2.24) is 14.8 Å². The highest BCUT2D eigenvalue weighted by Gasteiger charge is 2.36. The number of rotatable bonds is 9. The van der Waals surface area contributed by atoms with Crippen molar-refractivity contribution in [2.45, 2.75) is 36.8 Å². The first-order valence-corrected chi connectivity index (χ1v) is 15.4. The summed E-state index contributed by atoms with van der Waals surface area (Å²) in [5, 5.41) is 4.20. The summed E-state index contributed by atoms with van der Waals surface area (Å²) in [6.07, 6.45) is 7.24. The smallest absolute Gasteiger partial charge is 0.212 e. The SMILES string of the molecule is c1ccc(B(c2ccccc2)C2CC2)cc1.c1ccc(C(C[SiH2]Cn2cncn2)c2ccccc2)cc1. The predicted octanol–water partition coefficient (Wildman–Crippen LogP) is 5.11. The van der Waals surface area contributed by atoms with E-state index in [-0.39, 0.29) is 9.52 Å². The third-order valence-corrected chi connectivity index (χ3v) is 8.92. The maximum Gasteiger partial charge on any atom is 0.212 e. The molecule has 1 aromatic heterocycles. The lowest BCUT2D eigenvalue weighted by atomic mass is 9.37. The number of hydrogen-bond acceptors (Lipinski definition) is 2. The fourth-order valence-corrected chi connectivity index (χ4v) is 7.00. The van der Waals surface area contributed by atoms with Crippen molar-refractivity contribution in [2.75, 3.05) is 0 Å². The normalized spacial score (nSPS) is 12.9. The van der Waals surface area contributed by atoms with Gasteiger partial charge >= 0.3 is 0 Å². The minimum Gasteiger partial charge on any atom is -0.257 e. The van der Waals surface area contributed by atoms with Gasteiger partial charge in [-0.3, -0.25) is 4.68 Å². The number of aromatic nitrogens is 3. The Morgan fingerprint density at radius 1 is 0.703 bits per heavy atom. The Morgan fingerprint density at radius 3 is 1.62 bits per heavy atom. The lowest BCUT2D eigenvalue weighted by molar-refractivity contribution is 0.729. The fraction of sp³-hybridized carbons (Fsp3) is 0.188. The molecule has 1 aliphatic carbocycles. The van der Waals surface area contributed by atoms with E-state index in [1.165, 1.54) is 40.9 Å². The number of hydrogen-bond donors (Lipinski definition) is 0. The summed E-state index contributed by atoms with van der Waals surface area (Å²) in [7, 11) is -0.232. The maximum absolute atomic E-state index is 4.20. The molecule has 4 aromatic carbocycles. The molecule has 5 heteroatoms. The van der Waals surface area contributed by atoms with Crippen molar-refractivity contribution < 1.29 is 0 Å². The molecule has 1 saturated carbocycles. The fourth-order valence-electron chi connectivity index (χ4n) is 5.19. The van der Waals surface area contributed by atoms with Crippen molar-refractivity contribution in [3.63, 3.8) is 0 Å². The molecule has 0 bridgehead atoms. The second-order valence-electron chi connectivity index (χ2n) is 9.81. The van der Waals surface area contributed by atoms with E-state index in [1.54, 1.807) is 6.33 Å². The van der Waals surface area contributed by atoms with Crippen LogP contribution >= 0.6 is 0 Å². The van der Waals surface area contributed by atoms with E-state index >= 15 is 0 Å². The standard InChI is InChI=1S/C17H19N3Si.C15H15B/c1-3-7-15(8-4-1)17(16-9-5-2-6-10-16)11-21-14-20-13-18-12-19-20;1-3-7-13(8-4-1)16(15-11-12-15)14-9-5-2-6-10-14/h1-10,12-13,17H,11,14,21H2;1-10,15H,11-12H2. The molecule has 0 spiro atoms. The van der Waals surface area contributed by atoms with E-state index < -0.39 is 0 Å². The van der Waals surface area contributed by atoms with Crippen molar-refractivity contribution in [3.8, 4) is 0 Å². The van der Waals surface area contributed by atoms with Crippen LogP contribution in [0.1, 0.15) is 29.9 Å². The van der Waals surface area contributed by atoms with Gasteiger partial charge in [0.2, 0.25) is 6.71 Å². The molecule has 6 rings (SSSR count). The molecule has 184 valence electrons. The van der Waals surface area contributed by atoms with Gasteiger partial charge in [-0.1, -0.05) is 157 Å². The minimum atomic E-state index is -0.232. The van der Waals surface area contributed by atoms with Crippen molar-refractivity contribution >= 4 is 27.2 Å². The first-order chi connectivity index (χ1) is 18.4. The zero-order chi connectivity index (χ0) is 25.1. The van der Waals surface area contributed by atoms with Crippen LogP contribution in [0.4, 0.5) is 0 Å². The van der Waals surface area contributed by atoms with Gasteiger partial charge in [0, 0.05) is 21.6 Å². The summed E-state index contributed by atoms with van der Waals surface area (Å²) in [4.78, 5) is 4.01. The summed E-state index contributed by atoms with van der Waals surface area (Å²) in [5.74, 6) is 1.37. The zero-order valence-corrected chi connectivity index (χ0v) is 22.7. The largest absolute Gasteiger partial charge is 0.257 e. The Morgan fingerprint density at radius 2 is 1.19 bits per heavy atom. The Bertz CT molecular complexity index is 1220. The molecule has 1 aliphatic rings. The highest BCUT2D eigenvalue weighted by atomic mass is 28.2. The van der Waals surface area contributed by atoms with Crippen molar-refractivity contribution in [2.24, 2.45) is 0 Å². The van der Waals surface area contributed by atoms with Crippen molar-refractivity contribution in [3.05, 3.63) is 145 Å². The summed E-state index contributed by atoms with van der Waals surface area (Å²) >= 11 is 0.